The third-order valence-electron chi connectivity index (χ3n) is 17.2. The summed E-state index contributed by atoms with van der Waals surface area (Å²) < 4.78 is 39.0. The van der Waals surface area contributed by atoms with Crippen LogP contribution in [0.15, 0.2) is 146 Å². The molecule has 0 aromatic heterocycles. The van der Waals surface area contributed by atoms with Gasteiger partial charge in [0.05, 0.1) is 35.5 Å². The number of nitrogens with zero attached hydrogens (tertiary/aromatic N) is 2. The van der Waals surface area contributed by atoms with Gasteiger partial charge in [-0.05, 0) is 153 Å². The number of benzene rings is 9. The zero-order valence-corrected chi connectivity index (χ0v) is 55.2. The quantitative estimate of drug-likeness (QED) is 0.0116. The number of ether oxygens (including phenoxy) is 6. The molecule has 11 rings (SSSR count). The van der Waals surface area contributed by atoms with E-state index in [1.165, 1.54) is 0 Å². The van der Waals surface area contributed by atoms with Crippen LogP contribution in [0.5, 0.6) is 46.0 Å². The van der Waals surface area contributed by atoms with Crippen molar-refractivity contribution in [3.8, 4) is 46.0 Å². The summed E-state index contributed by atoms with van der Waals surface area (Å²) in [5.74, 6) is -3.47. The van der Waals surface area contributed by atoms with Gasteiger partial charge in [0.2, 0.25) is 11.8 Å². The summed E-state index contributed by atoms with van der Waals surface area (Å²) in [6.45, 7) is 22.3. The van der Waals surface area contributed by atoms with Crippen molar-refractivity contribution in [3.05, 3.63) is 190 Å². The number of fused-ring (bicyclic) bond motifs is 2. The lowest BCUT2D eigenvalue weighted by Crippen LogP contribution is -2.54. The number of amides is 6. The van der Waals surface area contributed by atoms with E-state index in [-0.39, 0.29) is 106 Å². The number of carbonyl (C=O) groups excluding carboxylic acids is 8. The van der Waals surface area contributed by atoms with Crippen LogP contribution in [0.3, 0.4) is 0 Å². The number of unbranched alkanes of at least 4 members (excludes halogenated alkanes) is 2. The molecular weight excluding hydrogens is 1220 g/mol. The maximum absolute atomic E-state index is 16.0. The SMILES string of the molecule is C=C(C)C(=O)OCCCCNC(=O)C(CCC)N1C(=O)c2cc(Oc3ccc(C)cc3)c3c4c(Oc5ccc(C)cc5)cc5c6c(cc(Oc7ccc(C)cc7)c(c7c(Oc8ccc(C)cc8)cc(c2c37)C1=O)c64)C(=O)N(C(CCC)C(=O)NCCCCOC(=O)C(=C)C)C5=O. The van der Waals surface area contributed by atoms with Crippen LogP contribution in [0.2, 0.25) is 0 Å². The molecule has 0 spiro atoms. The minimum absolute atomic E-state index is 0.0188. The molecule has 18 nitrogen and oxygen atoms in total. The first-order valence-electron chi connectivity index (χ1n) is 32.5. The molecule has 0 saturated heterocycles. The molecule has 2 unspecified atom stereocenters. The zero-order valence-electron chi connectivity index (χ0n) is 55.2. The summed E-state index contributed by atoms with van der Waals surface area (Å²) in [5, 5.41) is 8.04. The second-order valence-electron chi connectivity index (χ2n) is 24.7. The Bertz CT molecular complexity index is 4100. The molecule has 96 heavy (non-hydrogen) atoms. The Labute approximate surface area is 556 Å². The minimum Gasteiger partial charge on any atom is -0.462 e. The smallest absolute Gasteiger partial charge is 0.333 e. The number of hydrogen-bond donors (Lipinski definition) is 2. The van der Waals surface area contributed by atoms with Crippen molar-refractivity contribution in [1.82, 2.24) is 20.4 Å². The fourth-order valence-corrected chi connectivity index (χ4v) is 12.4. The van der Waals surface area contributed by atoms with E-state index >= 15 is 19.2 Å². The van der Waals surface area contributed by atoms with E-state index in [0.717, 1.165) is 32.1 Å². The standard InChI is InChI=1S/C78H76N4O14/c1-11-17-57(71(83)79-35-13-15-37-91-77(89)43(3)4)81-73(85)53-39-59(93-49-27-19-45(7)20-28-49)65-67-61(95-51-31-23-47(9)24-32-51)41-55-64-56(76(88)82(75(55)87)58(18-12-2)72(84)80-36-14-16-38-92-78(90)44(5)6)42-62(96-52-33-25-48(10)26-34-52)68(70(64)67)66-60(94-50-29-21-46(8)22-30-50)40-54(74(81)86)63(53)69(65)66/h19-34,39-42,57-58H,3,5,11-18,35-38H2,1-2,4,6-10H3,(H,79,83)(H,80,84). The lowest BCUT2D eigenvalue weighted by Gasteiger charge is -2.36. The van der Waals surface area contributed by atoms with Crippen molar-refractivity contribution in [2.24, 2.45) is 0 Å². The number of carbonyl (C=O) groups is 8. The van der Waals surface area contributed by atoms with E-state index in [1.54, 1.807) is 86.6 Å². The molecule has 0 bridgehead atoms. The van der Waals surface area contributed by atoms with Crippen molar-refractivity contribution in [2.75, 3.05) is 26.3 Å². The predicted octanol–water partition coefficient (Wildman–Crippen LogP) is 15.7. The normalized spacial score (nSPS) is 13.3. The highest BCUT2D eigenvalue weighted by Gasteiger charge is 2.46. The number of nitrogens with one attached hydrogen (secondary N) is 2. The number of aryl methyl sites for hydroxylation is 4. The number of esters is 2. The summed E-state index contributed by atoms with van der Waals surface area (Å²) in [7, 11) is 0. The summed E-state index contributed by atoms with van der Waals surface area (Å²) >= 11 is 0. The number of rotatable bonds is 28. The third-order valence-corrected chi connectivity index (χ3v) is 17.2. The molecule has 2 aliphatic heterocycles. The highest BCUT2D eigenvalue weighted by Crippen LogP contribution is 2.58. The van der Waals surface area contributed by atoms with Crippen LogP contribution in [-0.2, 0) is 28.7 Å². The second kappa shape index (κ2) is 28.4. The van der Waals surface area contributed by atoms with Crippen molar-refractivity contribution in [2.45, 2.75) is 119 Å². The van der Waals surface area contributed by atoms with Crippen molar-refractivity contribution in [3.63, 3.8) is 0 Å². The second-order valence-corrected chi connectivity index (χ2v) is 24.7. The molecule has 0 aliphatic carbocycles. The Balaban J connectivity index is 1.20. The topological polar surface area (TPSA) is 222 Å². The highest BCUT2D eigenvalue weighted by molar-refractivity contribution is 6.45. The summed E-state index contributed by atoms with van der Waals surface area (Å²) in [6.07, 6.45) is 2.69. The molecule has 0 saturated carbocycles. The van der Waals surface area contributed by atoms with Crippen molar-refractivity contribution >= 4 is 90.5 Å². The minimum atomic E-state index is -1.29. The van der Waals surface area contributed by atoms with Gasteiger partial charge in [-0.15, -0.1) is 0 Å². The molecule has 0 fully saturated rings. The Morgan fingerprint density at radius 2 is 0.656 bits per heavy atom. The van der Waals surface area contributed by atoms with Crippen LogP contribution in [0.1, 0.15) is 143 Å². The molecule has 18 heteroatoms. The first-order valence-corrected chi connectivity index (χ1v) is 32.5. The van der Waals surface area contributed by atoms with Gasteiger partial charge in [0.1, 0.15) is 58.1 Å². The van der Waals surface area contributed by atoms with E-state index in [2.05, 4.69) is 23.8 Å². The van der Waals surface area contributed by atoms with Crippen LogP contribution in [0.4, 0.5) is 0 Å². The maximum Gasteiger partial charge on any atom is 0.333 e. The predicted molar refractivity (Wildman–Crippen MR) is 367 cm³/mol. The van der Waals surface area contributed by atoms with E-state index in [0.29, 0.717) is 93.8 Å². The van der Waals surface area contributed by atoms with Crippen molar-refractivity contribution < 1.29 is 66.8 Å². The van der Waals surface area contributed by atoms with E-state index in [1.807, 2.05) is 90.1 Å². The van der Waals surface area contributed by atoms with Crippen LogP contribution < -0.4 is 29.6 Å². The van der Waals surface area contributed by atoms with Gasteiger partial charge in [-0.1, -0.05) is 111 Å². The van der Waals surface area contributed by atoms with Gasteiger partial charge in [0.15, 0.2) is 0 Å². The molecule has 9 aromatic rings. The van der Waals surface area contributed by atoms with Crippen LogP contribution in [0, 0.1) is 27.7 Å². The lowest BCUT2D eigenvalue weighted by molar-refractivity contribution is -0.139. The zero-order chi connectivity index (χ0) is 68.2. The van der Waals surface area contributed by atoms with Gasteiger partial charge < -0.3 is 39.1 Å². The molecular formula is C78H76N4O14. The highest BCUT2D eigenvalue weighted by atomic mass is 16.5. The van der Waals surface area contributed by atoms with Gasteiger partial charge in [0, 0.05) is 67.3 Å². The average molecular weight is 1290 g/mol. The first-order chi connectivity index (χ1) is 46.2. The fraction of sp³-hybridized carbons (Fsp3) is 0.282. The Kier molecular flexibility index (Phi) is 19.7. The molecule has 6 amide bonds. The number of imide groups is 2. The van der Waals surface area contributed by atoms with Gasteiger partial charge in [-0.3, -0.25) is 38.6 Å². The molecule has 2 aliphatic rings. The van der Waals surface area contributed by atoms with Crippen LogP contribution in [-0.4, -0.2) is 95.6 Å². The summed E-state index contributed by atoms with van der Waals surface area (Å²) in [4.78, 5) is 119. The third kappa shape index (κ3) is 13.3. The maximum atomic E-state index is 16.0. The molecule has 2 atom stereocenters. The number of hydrogen-bond acceptors (Lipinski definition) is 14. The van der Waals surface area contributed by atoms with Gasteiger partial charge in [0.25, 0.3) is 23.6 Å². The summed E-state index contributed by atoms with van der Waals surface area (Å²) in [6, 6.07) is 32.9. The summed E-state index contributed by atoms with van der Waals surface area (Å²) in [5.41, 5.74) is 4.33. The molecule has 9 aromatic carbocycles. The van der Waals surface area contributed by atoms with E-state index in [4.69, 9.17) is 28.4 Å². The van der Waals surface area contributed by atoms with Gasteiger partial charge >= 0.3 is 11.9 Å². The molecule has 2 heterocycles. The van der Waals surface area contributed by atoms with Crippen LogP contribution in [0.25, 0.3) is 43.1 Å². The molecule has 2 N–H and O–H groups in total. The molecule has 0 radical (unpaired) electrons. The largest absolute Gasteiger partial charge is 0.462 e. The van der Waals surface area contributed by atoms with E-state index in [9.17, 15) is 19.2 Å². The van der Waals surface area contributed by atoms with Crippen LogP contribution >= 0.6 is 0 Å². The lowest BCUT2D eigenvalue weighted by atomic mass is 9.80. The van der Waals surface area contributed by atoms with E-state index < -0.39 is 59.5 Å². The Morgan fingerprint density at radius 3 is 0.896 bits per heavy atom. The monoisotopic (exact) mass is 1290 g/mol. The fourth-order valence-electron chi connectivity index (χ4n) is 12.4. The average Bonchev–Trinajstić information content (AvgIpc) is 0.672. The first kappa shape index (κ1) is 66.6. The van der Waals surface area contributed by atoms with Crippen molar-refractivity contribution in [1.29, 1.82) is 0 Å². The van der Waals surface area contributed by atoms with Gasteiger partial charge in [-0.2, -0.15) is 0 Å². The Morgan fingerprint density at radius 1 is 0.396 bits per heavy atom. The van der Waals surface area contributed by atoms with Gasteiger partial charge in [-0.25, -0.2) is 9.59 Å². The Hall–Kier alpha value is -10.9. The molecule has 492 valence electrons.